The van der Waals surface area contributed by atoms with Crippen molar-refractivity contribution in [2.24, 2.45) is 0 Å². The molecule has 0 bridgehead atoms. The molecule has 0 aliphatic carbocycles. The predicted molar refractivity (Wildman–Crippen MR) is 89.9 cm³/mol. The molecule has 0 aliphatic rings. The number of nitrogens with zero attached hydrogens (tertiary/aromatic N) is 4. The number of rotatable bonds is 7. The van der Waals surface area contributed by atoms with Crippen LogP contribution in [-0.4, -0.2) is 20.3 Å². The van der Waals surface area contributed by atoms with Crippen LogP contribution in [0.2, 0.25) is 0 Å². The summed E-state index contributed by atoms with van der Waals surface area (Å²) < 4.78 is 11.8. The van der Waals surface area contributed by atoms with Gasteiger partial charge in [-0.05, 0) is 24.6 Å². The molecule has 3 rings (SSSR count). The fourth-order valence-electron chi connectivity index (χ4n) is 1.91. The maximum atomic E-state index is 5.65. The molecule has 0 unspecified atom stereocenters. The summed E-state index contributed by atoms with van der Waals surface area (Å²) in [5, 5.41) is 12.5. The monoisotopic (exact) mass is 394 g/mol. The van der Waals surface area contributed by atoms with E-state index in [4.69, 9.17) is 8.94 Å². The van der Waals surface area contributed by atoms with Crippen molar-refractivity contribution in [2.75, 3.05) is 0 Å². The van der Waals surface area contributed by atoms with Crippen molar-refractivity contribution >= 4 is 27.7 Å². The number of thioether (sulfide) groups is 1. The highest BCUT2D eigenvalue weighted by Gasteiger charge is 2.12. The summed E-state index contributed by atoms with van der Waals surface area (Å²) in [6, 6.07) is 7.72. The maximum absolute atomic E-state index is 5.65. The van der Waals surface area contributed by atoms with E-state index in [9.17, 15) is 0 Å². The molecule has 120 valence electrons. The van der Waals surface area contributed by atoms with Crippen LogP contribution < -0.4 is 0 Å². The Morgan fingerprint density at radius 3 is 3.00 bits per heavy atom. The normalized spacial score (nSPS) is 11.0. The van der Waals surface area contributed by atoms with Crippen molar-refractivity contribution in [1.82, 2.24) is 20.3 Å². The second-order valence-electron chi connectivity index (χ2n) is 4.88. The van der Waals surface area contributed by atoms with E-state index < -0.39 is 0 Å². The molecule has 2 heterocycles. The number of unbranched alkanes of at least 4 members (excludes halogenated alkanes) is 1. The third kappa shape index (κ3) is 4.42. The number of aromatic nitrogens is 4. The molecule has 0 spiro atoms. The molecule has 0 saturated carbocycles. The first-order valence-corrected chi connectivity index (χ1v) is 9.06. The van der Waals surface area contributed by atoms with Crippen LogP contribution in [0.15, 0.2) is 42.9 Å². The average molecular weight is 395 g/mol. The highest BCUT2D eigenvalue weighted by atomic mass is 79.9. The number of hydrogen-bond donors (Lipinski definition) is 0. The summed E-state index contributed by atoms with van der Waals surface area (Å²) in [5.74, 6) is 2.33. The smallest absolute Gasteiger partial charge is 0.277 e. The Kier molecular flexibility index (Phi) is 5.45. The maximum Gasteiger partial charge on any atom is 0.277 e. The van der Waals surface area contributed by atoms with Crippen LogP contribution in [0.3, 0.4) is 0 Å². The Morgan fingerprint density at radius 2 is 2.17 bits per heavy atom. The van der Waals surface area contributed by atoms with E-state index in [1.165, 1.54) is 11.8 Å². The number of halogens is 1. The van der Waals surface area contributed by atoms with E-state index >= 15 is 0 Å². The SMILES string of the molecule is CCCCc1noc(CSc2nnc(-c3cccc(Br)c3)o2)n1. The van der Waals surface area contributed by atoms with Crippen molar-refractivity contribution in [3.63, 3.8) is 0 Å². The summed E-state index contributed by atoms with van der Waals surface area (Å²) in [5.41, 5.74) is 0.873. The lowest BCUT2D eigenvalue weighted by atomic mass is 10.2. The molecular weight excluding hydrogens is 380 g/mol. The minimum atomic E-state index is 0.480. The van der Waals surface area contributed by atoms with E-state index in [2.05, 4.69) is 43.2 Å². The third-order valence-electron chi connectivity index (χ3n) is 3.06. The molecule has 2 aromatic heterocycles. The molecule has 1 aromatic carbocycles. The van der Waals surface area contributed by atoms with Gasteiger partial charge >= 0.3 is 0 Å². The fourth-order valence-corrected chi connectivity index (χ4v) is 2.91. The number of aryl methyl sites for hydroxylation is 1. The average Bonchev–Trinajstić information content (AvgIpc) is 3.20. The standard InChI is InChI=1S/C15H15BrN4O2S/c1-2-3-7-12-17-13(22-20-12)9-23-15-19-18-14(21-15)10-5-4-6-11(16)8-10/h4-6,8H,2-3,7,9H2,1H3. The van der Waals surface area contributed by atoms with E-state index in [0.717, 1.165) is 35.1 Å². The largest absolute Gasteiger partial charge is 0.411 e. The van der Waals surface area contributed by atoms with Crippen molar-refractivity contribution in [1.29, 1.82) is 0 Å². The van der Waals surface area contributed by atoms with Gasteiger partial charge in [-0.15, -0.1) is 10.2 Å². The summed E-state index contributed by atoms with van der Waals surface area (Å²) in [6.45, 7) is 2.13. The summed E-state index contributed by atoms with van der Waals surface area (Å²) in [6.07, 6.45) is 3.02. The molecule has 3 aromatic rings. The molecule has 0 saturated heterocycles. The van der Waals surface area contributed by atoms with E-state index in [1.807, 2.05) is 24.3 Å². The van der Waals surface area contributed by atoms with Crippen LogP contribution >= 0.6 is 27.7 Å². The van der Waals surface area contributed by atoms with Crippen LogP contribution in [0, 0.1) is 0 Å². The molecule has 0 fully saturated rings. The third-order valence-corrected chi connectivity index (χ3v) is 4.36. The molecule has 6 nitrogen and oxygen atoms in total. The van der Waals surface area contributed by atoms with Crippen LogP contribution in [0.5, 0.6) is 0 Å². The molecule has 0 radical (unpaired) electrons. The molecule has 8 heteroatoms. The summed E-state index contributed by atoms with van der Waals surface area (Å²) >= 11 is 4.81. The van der Waals surface area contributed by atoms with Crippen LogP contribution in [0.25, 0.3) is 11.5 Å². The second kappa shape index (κ2) is 7.74. The van der Waals surface area contributed by atoms with Crippen molar-refractivity contribution < 1.29 is 8.94 Å². The zero-order valence-electron chi connectivity index (χ0n) is 12.5. The van der Waals surface area contributed by atoms with E-state index in [0.29, 0.717) is 22.8 Å². The van der Waals surface area contributed by atoms with Gasteiger partial charge in [-0.1, -0.05) is 52.3 Å². The highest BCUT2D eigenvalue weighted by molar-refractivity contribution is 9.10. The van der Waals surface area contributed by atoms with Crippen LogP contribution in [0.1, 0.15) is 31.5 Å². The minimum Gasteiger partial charge on any atom is -0.411 e. The zero-order chi connectivity index (χ0) is 16.1. The quantitative estimate of drug-likeness (QED) is 0.545. The first-order chi connectivity index (χ1) is 11.2. The topological polar surface area (TPSA) is 77.8 Å². The first-order valence-electron chi connectivity index (χ1n) is 7.28. The van der Waals surface area contributed by atoms with Gasteiger partial charge in [0, 0.05) is 16.5 Å². The predicted octanol–water partition coefficient (Wildman–Crippen LogP) is 4.52. The van der Waals surface area contributed by atoms with Crippen molar-refractivity contribution in [2.45, 2.75) is 37.2 Å². The molecule has 0 atom stereocenters. The van der Waals surface area contributed by atoms with Crippen molar-refractivity contribution in [3.8, 4) is 11.5 Å². The van der Waals surface area contributed by atoms with Crippen molar-refractivity contribution in [3.05, 3.63) is 40.5 Å². The van der Waals surface area contributed by atoms with Crippen LogP contribution in [0.4, 0.5) is 0 Å². The second-order valence-corrected chi connectivity index (χ2v) is 6.72. The van der Waals surface area contributed by atoms with Gasteiger partial charge in [0.2, 0.25) is 11.8 Å². The van der Waals surface area contributed by atoms with Gasteiger partial charge in [-0.25, -0.2) is 0 Å². The number of benzene rings is 1. The van der Waals surface area contributed by atoms with Gasteiger partial charge in [0.15, 0.2) is 5.82 Å². The van der Waals surface area contributed by atoms with Crippen LogP contribution in [-0.2, 0) is 12.2 Å². The Bertz CT molecular complexity index is 774. The molecule has 0 aliphatic heterocycles. The summed E-state index contributed by atoms with van der Waals surface area (Å²) in [7, 11) is 0. The number of hydrogen-bond acceptors (Lipinski definition) is 7. The Labute approximate surface area is 146 Å². The molecule has 0 N–H and O–H groups in total. The molecular formula is C15H15BrN4O2S. The lowest BCUT2D eigenvalue weighted by Gasteiger charge is -1.94. The first kappa shape index (κ1) is 16.2. The van der Waals surface area contributed by atoms with E-state index in [-0.39, 0.29) is 0 Å². The van der Waals surface area contributed by atoms with Gasteiger partial charge < -0.3 is 8.94 Å². The molecule has 23 heavy (non-hydrogen) atoms. The lowest BCUT2D eigenvalue weighted by Crippen LogP contribution is -1.88. The van der Waals surface area contributed by atoms with Gasteiger partial charge in [-0.3, -0.25) is 0 Å². The zero-order valence-corrected chi connectivity index (χ0v) is 14.9. The molecule has 0 amide bonds. The van der Waals surface area contributed by atoms with Gasteiger partial charge in [0.05, 0.1) is 5.75 Å². The Balaban J connectivity index is 1.60. The lowest BCUT2D eigenvalue weighted by molar-refractivity contribution is 0.383. The van der Waals surface area contributed by atoms with E-state index in [1.54, 1.807) is 0 Å². The van der Waals surface area contributed by atoms with Gasteiger partial charge in [0.25, 0.3) is 5.22 Å². The highest BCUT2D eigenvalue weighted by Crippen LogP contribution is 2.26. The Morgan fingerprint density at radius 1 is 1.26 bits per heavy atom. The summed E-state index contributed by atoms with van der Waals surface area (Å²) in [4.78, 5) is 4.34. The fraction of sp³-hybridized carbons (Fsp3) is 0.333. The van der Waals surface area contributed by atoms with Gasteiger partial charge in [0.1, 0.15) is 0 Å². The minimum absolute atomic E-state index is 0.480. The van der Waals surface area contributed by atoms with Gasteiger partial charge in [-0.2, -0.15) is 4.98 Å². The Hall–Kier alpha value is -1.67.